The minimum atomic E-state index is 0.518. The smallest absolute Gasteiger partial charge is 0.184 e. The first-order valence-corrected chi connectivity index (χ1v) is 7.73. The highest BCUT2D eigenvalue weighted by atomic mass is 15.1. The van der Waals surface area contributed by atoms with Gasteiger partial charge >= 0.3 is 0 Å². The number of benzene rings is 1. The van der Waals surface area contributed by atoms with E-state index in [1.54, 1.807) is 30.9 Å². The fourth-order valence-corrected chi connectivity index (χ4v) is 2.51. The number of aromatic nitrogens is 5. The Kier molecular flexibility index (Phi) is 3.66. The van der Waals surface area contributed by atoms with E-state index >= 15 is 0 Å². The van der Waals surface area contributed by atoms with E-state index in [0.717, 1.165) is 11.1 Å². The molecule has 0 radical (unpaired) electrons. The quantitative estimate of drug-likeness (QED) is 0.595. The van der Waals surface area contributed by atoms with Crippen LogP contribution < -0.4 is 11.1 Å². The molecule has 122 valence electrons. The molecule has 0 aliphatic heterocycles. The van der Waals surface area contributed by atoms with E-state index in [4.69, 9.17) is 5.73 Å². The maximum Gasteiger partial charge on any atom is 0.184 e. The van der Waals surface area contributed by atoms with Crippen LogP contribution in [0.5, 0.6) is 0 Å². The summed E-state index contributed by atoms with van der Waals surface area (Å²) in [6.07, 6.45) is 6.47. The number of nitrogens with two attached hydrogens (primary N) is 1. The predicted molar refractivity (Wildman–Crippen MR) is 97.2 cm³/mol. The van der Waals surface area contributed by atoms with Crippen molar-refractivity contribution in [2.45, 2.75) is 6.92 Å². The number of nitrogens with zero attached hydrogens (tertiary/aromatic N) is 5. The summed E-state index contributed by atoms with van der Waals surface area (Å²) >= 11 is 0. The number of nitrogen functional groups attached to an aromatic ring is 1. The molecule has 4 aromatic rings. The van der Waals surface area contributed by atoms with E-state index in [1.807, 2.05) is 31.2 Å². The van der Waals surface area contributed by atoms with Crippen molar-refractivity contribution in [3.8, 4) is 11.4 Å². The Labute approximate surface area is 144 Å². The molecular weight excluding hydrogens is 314 g/mol. The van der Waals surface area contributed by atoms with Crippen molar-refractivity contribution in [2.75, 3.05) is 11.1 Å². The molecule has 3 aromatic heterocycles. The third-order valence-electron chi connectivity index (χ3n) is 3.71. The highest BCUT2D eigenvalue weighted by Gasteiger charge is 2.12. The van der Waals surface area contributed by atoms with Crippen LogP contribution in [0.2, 0.25) is 0 Å². The number of fused-ring (bicyclic) bond motifs is 1. The van der Waals surface area contributed by atoms with Crippen LogP contribution in [0.4, 0.5) is 17.2 Å². The topological polar surface area (TPSA) is 102 Å². The Bertz CT molecular complexity index is 1060. The van der Waals surface area contributed by atoms with Crippen molar-refractivity contribution < 1.29 is 0 Å². The van der Waals surface area contributed by atoms with Gasteiger partial charge in [-0.2, -0.15) is 0 Å². The van der Waals surface area contributed by atoms with Gasteiger partial charge < -0.3 is 11.1 Å². The predicted octanol–water partition coefficient (Wildman–Crippen LogP) is 3.12. The normalized spacial score (nSPS) is 10.8. The summed E-state index contributed by atoms with van der Waals surface area (Å²) in [6, 6.07) is 9.78. The molecule has 7 heteroatoms. The van der Waals surface area contributed by atoms with E-state index in [9.17, 15) is 0 Å². The summed E-state index contributed by atoms with van der Waals surface area (Å²) in [7, 11) is 0. The first-order valence-electron chi connectivity index (χ1n) is 7.73. The Morgan fingerprint density at radius 1 is 1.00 bits per heavy atom. The Morgan fingerprint density at radius 3 is 2.72 bits per heavy atom. The molecule has 0 unspecified atom stereocenters. The molecule has 1 aromatic carbocycles. The Morgan fingerprint density at radius 2 is 1.88 bits per heavy atom. The SMILES string of the molecule is Cc1cccc(-c2nc(Nc3ccncc3N)c3nccnc3n2)c1. The van der Waals surface area contributed by atoms with Crippen LogP contribution in [-0.2, 0) is 0 Å². The highest BCUT2D eigenvalue weighted by molar-refractivity contribution is 5.87. The van der Waals surface area contributed by atoms with Crippen molar-refractivity contribution >= 4 is 28.4 Å². The van der Waals surface area contributed by atoms with Gasteiger partial charge in [-0.05, 0) is 19.1 Å². The molecule has 3 N–H and O–H groups in total. The lowest BCUT2D eigenvalue weighted by molar-refractivity contribution is 1.15. The molecule has 0 aliphatic carbocycles. The van der Waals surface area contributed by atoms with E-state index in [0.29, 0.717) is 34.2 Å². The summed E-state index contributed by atoms with van der Waals surface area (Å²) in [5, 5.41) is 3.22. The summed E-state index contributed by atoms with van der Waals surface area (Å²) < 4.78 is 0. The van der Waals surface area contributed by atoms with Gasteiger partial charge in [0.05, 0.1) is 17.6 Å². The lowest BCUT2D eigenvalue weighted by atomic mass is 10.1. The van der Waals surface area contributed by atoms with Gasteiger partial charge in [-0.3, -0.25) is 4.98 Å². The maximum atomic E-state index is 5.98. The zero-order valence-electron chi connectivity index (χ0n) is 13.5. The van der Waals surface area contributed by atoms with Crippen LogP contribution >= 0.6 is 0 Å². The molecule has 7 nitrogen and oxygen atoms in total. The molecule has 0 saturated heterocycles. The Balaban J connectivity index is 1.89. The maximum absolute atomic E-state index is 5.98. The van der Waals surface area contributed by atoms with E-state index < -0.39 is 0 Å². The molecule has 4 rings (SSSR count). The number of rotatable bonds is 3. The monoisotopic (exact) mass is 329 g/mol. The zero-order valence-corrected chi connectivity index (χ0v) is 13.5. The molecular formula is C18H15N7. The van der Waals surface area contributed by atoms with E-state index in [1.165, 1.54) is 0 Å². The standard InChI is InChI=1S/C18H15N7/c1-11-3-2-4-12(9-11)16-24-17-15(21-7-8-22-17)18(25-16)23-14-5-6-20-10-13(14)19/h2-10H,19H2,1H3,(H,20,22,23,24,25). The average molecular weight is 329 g/mol. The van der Waals surface area contributed by atoms with Crippen molar-refractivity contribution in [1.82, 2.24) is 24.9 Å². The molecule has 0 fully saturated rings. The third kappa shape index (κ3) is 2.94. The fourth-order valence-electron chi connectivity index (χ4n) is 2.51. The van der Waals surface area contributed by atoms with Gasteiger partial charge in [-0.15, -0.1) is 0 Å². The Hall–Kier alpha value is -3.61. The molecule has 0 amide bonds. The lowest BCUT2D eigenvalue weighted by Crippen LogP contribution is -2.03. The summed E-state index contributed by atoms with van der Waals surface area (Å²) in [5.41, 5.74) is 10.3. The summed E-state index contributed by atoms with van der Waals surface area (Å²) in [6.45, 7) is 2.03. The first-order chi connectivity index (χ1) is 12.2. The number of pyridine rings is 1. The minimum Gasteiger partial charge on any atom is -0.396 e. The van der Waals surface area contributed by atoms with Crippen LogP contribution in [0.25, 0.3) is 22.6 Å². The number of nitrogens with one attached hydrogen (secondary N) is 1. The van der Waals surface area contributed by atoms with Gasteiger partial charge in [0.15, 0.2) is 22.8 Å². The van der Waals surface area contributed by atoms with Crippen LogP contribution in [0, 0.1) is 6.92 Å². The van der Waals surface area contributed by atoms with E-state index in [-0.39, 0.29) is 0 Å². The zero-order chi connectivity index (χ0) is 17.2. The largest absolute Gasteiger partial charge is 0.396 e. The molecule has 3 heterocycles. The van der Waals surface area contributed by atoms with Gasteiger partial charge in [0.1, 0.15) is 0 Å². The first kappa shape index (κ1) is 14.9. The average Bonchev–Trinajstić information content (AvgIpc) is 2.63. The van der Waals surface area contributed by atoms with Crippen molar-refractivity contribution in [3.63, 3.8) is 0 Å². The van der Waals surface area contributed by atoms with Gasteiger partial charge in [0.25, 0.3) is 0 Å². The van der Waals surface area contributed by atoms with Crippen molar-refractivity contribution in [3.05, 3.63) is 60.7 Å². The second-order valence-electron chi connectivity index (χ2n) is 5.58. The number of hydrogen-bond donors (Lipinski definition) is 2. The highest BCUT2D eigenvalue weighted by Crippen LogP contribution is 2.27. The molecule has 0 saturated carbocycles. The molecule has 0 bridgehead atoms. The van der Waals surface area contributed by atoms with Gasteiger partial charge in [0.2, 0.25) is 0 Å². The number of aryl methyl sites for hydroxylation is 1. The number of anilines is 3. The van der Waals surface area contributed by atoms with Crippen molar-refractivity contribution in [1.29, 1.82) is 0 Å². The second kappa shape index (κ2) is 6.12. The van der Waals surface area contributed by atoms with Crippen LogP contribution in [-0.4, -0.2) is 24.9 Å². The van der Waals surface area contributed by atoms with Gasteiger partial charge in [-0.25, -0.2) is 19.9 Å². The summed E-state index contributed by atoms with van der Waals surface area (Å²) in [4.78, 5) is 21.9. The van der Waals surface area contributed by atoms with Gasteiger partial charge in [0, 0.05) is 24.2 Å². The third-order valence-corrected chi connectivity index (χ3v) is 3.71. The fraction of sp³-hybridized carbons (Fsp3) is 0.0556. The van der Waals surface area contributed by atoms with Crippen LogP contribution in [0.3, 0.4) is 0 Å². The molecule has 0 aliphatic rings. The molecule has 0 atom stereocenters. The lowest BCUT2D eigenvalue weighted by Gasteiger charge is -2.11. The van der Waals surface area contributed by atoms with Gasteiger partial charge in [-0.1, -0.05) is 23.8 Å². The second-order valence-corrected chi connectivity index (χ2v) is 5.58. The van der Waals surface area contributed by atoms with Crippen LogP contribution in [0.15, 0.2) is 55.1 Å². The number of hydrogen-bond acceptors (Lipinski definition) is 7. The van der Waals surface area contributed by atoms with Crippen LogP contribution in [0.1, 0.15) is 5.56 Å². The molecule has 0 spiro atoms. The molecule has 25 heavy (non-hydrogen) atoms. The summed E-state index contributed by atoms with van der Waals surface area (Å²) in [5.74, 6) is 1.12. The van der Waals surface area contributed by atoms with Crippen molar-refractivity contribution in [2.24, 2.45) is 0 Å². The van der Waals surface area contributed by atoms with E-state index in [2.05, 4.69) is 30.2 Å². The minimum absolute atomic E-state index is 0.518.